The van der Waals surface area contributed by atoms with E-state index in [9.17, 15) is 9.59 Å². The average Bonchev–Trinajstić information content (AvgIpc) is 3.19. The summed E-state index contributed by atoms with van der Waals surface area (Å²) < 4.78 is 0. The molecule has 6 nitrogen and oxygen atoms in total. The molecule has 2 aromatic carbocycles. The maximum absolute atomic E-state index is 13.4. The van der Waals surface area contributed by atoms with E-state index in [0.717, 1.165) is 28.3 Å². The molecule has 2 amide bonds. The van der Waals surface area contributed by atoms with E-state index in [1.165, 1.54) is 0 Å². The van der Waals surface area contributed by atoms with Gasteiger partial charge in [0.15, 0.2) is 0 Å². The highest BCUT2D eigenvalue weighted by Crippen LogP contribution is 2.34. The molecule has 3 heterocycles. The van der Waals surface area contributed by atoms with E-state index in [4.69, 9.17) is 11.6 Å². The van der Waals surface area contributed by atoms with Gasteiger partial charge in [0, 0.05) is 41.6 Å². The Kier molecular flexibility index (Phi) is 4.89. The molecule has 0 aliphatic carbocycles. The predicted molar refractivity (Wildman–Crippen MR) is 116 cm³/mol. The second-order valence-electron chi connectivity index (χ2n) is 7.82. The molecule has 30 heavy (non-hydrogen) atoms. The van der Waals surface area contributed by atoms with Gasteiger partial charge in [0.2, 0.25) is 11.8 Å². The minimum absolute atomic E-state index is 0.0322. The van der Waals surface area contributed by atoms with Gasteiger partial charge >= 0.3 is 0 Å². The Labute approximate surface area is 179 Å². The van der Waals surface area contributed by atoms with Crippen LogP contribution in [-0.4, -0.2) is 40.8 Å². The van der Waals surface area contributed by atoms with E-state index in [0.29, 0.717) is 30.3 Å². The molecule has 3 aromatic rings. The quantitative estimate of drug-likeness (QED) is 0.681. The lowest BCUT2D eigenvalue weighted by Crippen LogP contribution is -2.47. The van der Waals surface area contributed by atoms with Gasteiger partial charge in [-0.25, -0.2) is 0 Å². The molecule has 2 atom stereocenters. The predicted octanol–water partition coefficient (Wildman–Crippen LogP) is 3.31. The van der Waals surface area contributed by atoms with Crippen LogP contribution < -0.4 is 10.6 Å². The minimum Gasteiger partial charge on any atom is -0.355 e. The van der Waals surface area contributed by atoms with Crippen LogP contribution in [0.1, 0.15) is 23.5 Å². The highest BCUT2D eigenvalue weighted by Gasteiger charge is 2.38. The van der Waals surface area contributed by atoms with Crippen LogP contribution in [0.25, 0.3) is 10.8 Å². The number of aromatic nitrogens is 1. The SMILES string of the molecule is O=C(Nc1cncc2ccccc12)C1CN(C2CCNC2=O)Cc2ccc(Cl)cc21. The van der Waals surface area contributed by atoms with E-state index in [1.54, 1.807) is 12.4 Å². The maximum Gasteiger partial charge on any atom is 0.237 e. The van der Waals surface area contributed by atoms with Gasteiger partial charge in [-0.15, -0.1) is 0 Å². The number of carbonyl (C=O) groups excluding carboxylic acids is 2. The number of rotatable bonds is 3. The molecular formula is C23H21ClN4O2. The fourth-order valence-electron chi connectivity index (χ4n) is 4.48. The summed E-state index contributed by atoms with van der Waals surface area (Å²) in [6.07, 6.45) is 4.20. The van der Waals surface area contributed by atoms with Crippen LogP contribution in [0.5, 0.6) is 0 Å². The largest absolute Gasteiger partial charge is 0.355 e. The third-order valence-corrected chi connectivity index (χ3v) is 6.21. The average molecular weight is 421 g/mol. The number of anilines is 1. The van der Waals surface area contributed by atoms with E-state index < -0.39 is 5.92 Å². The first-order valence-corrected chi connectivity index (χ1v) is 10.4. The normalized spacial score (nSPS) is 21.3. The lowest BCUT2D eigenvalue weighted by atomic mass is 9.88. The summed E-state index contributed by atoms with van der Waals surface area (Å²) in [5.41, 5.74) is 2.63. The molecule has 1 fully saturated rings. The monoisotopic (exact) mass is 420 g/mol. The number of hydrogen-bond donors (Lipinski definition) is 2. The van der Waals surface area contributed by atoms with Crippen molar-refractivity contribution in [2.75, 3.05) is 18.4 Å². The fraction of sp³-hybridized carbons (Fsp3) is 0.261. The first-order valence-electron chi connectivity index (χ1n) is 10.0. The number of hydrogen-bond acceptors (Lipinski definition) is 4. The highest BCUT2D eigenvalue weighted by atomic mass is 35.5. The third kappa shape index (κ3) is 3.42. The second kappa shape index (κ2) is 7.70. The Morgan fingerprint density at radius 2 is 2.07 bits per heavy atom. The summed E-state index contributed by atoms with van der Waals surface area (Å²) >= 11 is 6.25. The number of benzene rings is 2. The minimum atomic E-state index is -0.431. The van der Waals surface area contributed by atoms with Crippen LogP contribution in [0.4, 0.5) is 5.69 Å². The molecular weight excluding hydrogens is 400 g/mol. The smallest absolute Gasteiger partial charge is 0.237 e. The number of nitrogens with zero attached hydrogens (tertiary/aromatic N) is 2. The summed E-state index contributed by atoms with van der Waals surface area (Å²) in [7, 11) is 0. The van der Waals surface area contributed by atoms with Crippen molar-refractivity contribution in [1.82, 2.24) is 15.2 Å². The van der Waals surface area contributed by atoms with Gasteiger partial charge < -0.3 is 10.6 Å². The van der Waals surface area contributed by atoms with Crippen molar-refractivity contribution in [2.45, 2.75) is 24.9 Å². The van der Waals surface area contributed by atoms with Crippen LogP contribution in [0.2, 0.25) is 5.02 Å². The number of amides is 2. The van der Waals surface area contributed by atoms with Crippen LogP contribution in [-0.2, 0) is 16.1 Å². The van der Waals surface area contributed by atoms with Crippen LogP contribution in [0.15, 0.2) is 54.9 Å². The van der Waals surface area contributed by atoms with Crippen LogP contribution in [0, 0.1) is 0 Å². The van der Waals surface area contributed by atoms with Crippen molar-refractivity contribution in [1.29, 1.82) is 0 Å². The lowest BCUT2D eigenvalue weighted by Gasteiger charge is -2.36. The Morgan fingerprint density at radius 3 is 2.90 bits per heavy atom. The summed E-state index contributed by atoms with van der Waals surface area (Å²) in [5.74, 6) is -0.524. The highest BCUT2D eigenvalue weighted by molar-refractivity contribution is 6.30. The molecule has 2 aliphatic heterocycles. The molecule has 0 spiro atoms. The van der Waals surface area contributed by atoms with Crippen molar-refractivity contribution in [3.05, 3.63) is 71.0 Å². The van der Waals surface area contributed by atoms with E-state index in [-0.39, 0.29) is 17.9 Å². The Bertz CT molecular complexity index is 1140. The van der Waals surface area contributed by atoms with Crippen molar-refractivity contribution in [3.63, 3.8) is 0 Å². The zero-order chi connectivity index (χ0) is 20.7. The molecule has 0 radical (unpaired) electrons. The first-order chi connectivity index (χ1) is 14.6. The first kappa shape index (κ1) is 19.0. The maximum atomic E-state index is 13.4. The summed E-state index contributed by atoms with van der Waals surface area (Å²) in [4.78, 5) is 32.0. The second-order valence-corrected chi connectivity index (χ2v) is 8.25. The summed E-state index contributed by atoms with van der Waals surface area (Å²) in [5, 5.41) is 8.47. The molecule has 2 unspecified atom stereocenters. The summed E-state index contributed by atoms with van der Waals surface area (Å²) in [6.45, 7) is 1.77. The van der Waals surface area contributed by atoms with E-state index in [1.807, 2.05) is 42.5 Å². The van der Waals surface area contributed by atoms with Crippen molar-refractivity contribution < 1.29 is 9.59 Å². The molecule has 1 saturated heterocycles. The van der Waals surface area contributed by atoms with Gasteiger partial charge in [-0.1, -0.05) is 41.9 Å². The zero-order valence-corrected chi connectivity index (χ0v) is 17.0. The molecule has 1 aromatic heterocycles. The van der Waals surface area contributed by atoms with E-state index in [2.05, 4.69) is 20.5 Å². The molecule has 2 aliphatic rings. The van der Waals surface area contributed by atoms with Gasteiger partial charge in [-0.2, -0.15) is 0 Å². The standard InChI is InChI=1S/C23H21ClN4O2/c24-16-6-5-15-12-28(21-7-8-26-23(21)30)13-19(18(15)9-16)22(29)27-20-11-25-10-14-3-1-2-4-17(14)20/h1-6,9-11,19,21H,7-8,12-13H2,(H,26,30)(H,27,29). The fourth-order valence-corrected chi connectivity index (χ4v) is 4.66. The molecule has 152 valence electrons. The summed E-state index contributed by atoms with van der Waals surface area (Å²) in [6, 6.07) is 13.3. The van der Waals surface area contributed by atoms with Crippen molar-refractivity contribution in [2.24, 2.45) is 0 Å². The van der Waals surface area contributed by atoms with Gasteiger partial charge in [0.05, 0.1) is 23.8 Å². The number of nitrogens with one attached hydrogen (secondary N) is 2. The Morgan fingerprint density at radius 1 is 1.20 bits per heavy atom. The van der Waals surface area contributed by atoms with Crippen LogP contribution >= 0.6 is 11.6 Å². The van der Waals surface area contributed by atoms with Gasteiger partial charge in [0.1, 0.15) is 0 Å². The number of carbonyl (C=O) groups is 2. The van der Waals surface area contributed by atoms with Gasteiger partial charge in [-0.3, -0.25) is 19.5 Å². The van der Waals surface area contributed by atoms with E-state index >= 15 is 0 Å². The molecule has 7 heteroatoms. The van der Waals surface area contributed by atoms with Crippen molar-refractivity contribution in [3.8, 4) is 0 Å². The van der Waals surface area contributed by atoms with Crippen LogP contribution in [0.3, 0.4) is 0 Å². The third-order valence-electron chi connectivity index (χ3n) is 5.98. The number of pyridine rings is 1. The number of fused-ring (bicyclic) bond motifs is 2. The van der Waals surface area contributed by atoms with Crippen molar-refractivity contribution >= 4 is 39.9 Å². The topological polar surface area (TPSA) is 74.3 Å². The lowest BCUT2D eigenvalue weighted by molar-refractivity contribution is -0.125. The van der Waals surface area contributed by atoms with Gasteiger partial charge in [-0.05, 0) is 29.7 Å². The molecule has 0 saturated carbocycles. The Balaban J connectivity index is 1.48. The molecule has 2 N–H and O–H groups in total. The molecule has 0 bridgehead atoms. The Hall–Kier alpha value is -2.96. The van der Waals surface area contributed by atoms with Gasteiger partial charge in [0.25, 0.3) is 0 Å². The molecule has 5 rings (SSSR count). The zero-order valence-electron chi connectivity index (χ0n) is 16.3. The number of halogens is 1.